The number of thioether (sulfide) groups is 1. The van der Waals surface area contributed by atoms with Gasteiger partial charge in [0.15, 0.2) is 0 Å². The van der Waals surface area contributed by atoms with Crippen LogP contribution >= 0.6 is 11.8 Å². The van der Waals surface area contributed by atoms with E-state index < -0.39 is 28.5 Å². The van der Waals surface area contributed by atoms with Gasteiger partial charge in [-0.15, -0.1) is 0 Å². The van der Waals surface area contributed by atoms with Crippen LogP contribution in [0.4, 0.5) is 26.7 Å². The molecule has 0 aromatic rings. The summed E-state index contributed by atoms with van der Waals surface area (Å²) >= 11 is -1.48. The third-order valence-electron chi connectivity index (χ3n) is 0.546. The highest BCUT2D eigenvalue weighted by atomic mass is 32.2. The fraction of sp³-hybridized carbons (Fsp3) is 0.667. The van der Waals surface area contributed by atoms with Gasteiger partial charge in [-0.2, -0.15) is 22.0 Å². The van der Waals surface area contributed by atoms with Crippen LogP contribution in [0.5, 0.6) is 0 Å². The molecule has 0 saturated carbocycles. The van der Waals surface area contributed by atoms with Crippen molar-refractivity contribution in [1.82, 2.24) is 0 Å². The van der Waals surface area contributed by atoms with Crippen molar-refractivity contribution in [3.05, 3.63) is 0 Å². The maximum absolute atomic E-state index is 11.6. The molecule has 0 aromatic carbocycles. The van der Waals surface area contributed by atoms with Gasteiger partial charge in [0.1, 0.15) is 0 Å². The first-order valence-corrected chi connectivity index (χ1v) is 2.85. The normalized spacial score (nSPS) is 13.2. The highest BCUT2D eigenvalue weighted by Gasteiger charge is 2.59. The van der Waals surface area contributed by atoms with E-state index in [0.29, 0.717) is 0 Å². The number of carboxylic acid groups (broad SMARTS) is 1. The van der Waals surface area contributed by atoms with Crippen molar-refractivity contribution >= 4 is 17.1 Å². The molecule has 0 spiro atoms. The fourth-order valence-corrected chi connectivity index (χ4v) is 0.503. The number of alkyl halides is 5. The van der Waals surface area contributed by atoms with E-state index >= 15 is 0 Å². The van der Waals surface area contributed by atoms with Crippen molar-refractivity contribution in [1.29, 1.82) is 0 Å². The molecule has 0 aromatic heterocycles. The Balaban J connectivity index is 4.34. The van der Waals surface area contributed by atoms with E-state index in [-0.39, 0.29) is 0 Å². The number of hydrogen-bond donors (Lipinski definition) is 1. The molecule has 0 amide bonds. The second-order valence-electron chi connectivity index (χ2n) is 1.38. The quantitative estimate of drug-likeness (QED) is 0.654. The summed E-state index contributed by atoms with van der Waals surface area (Å²) in [5, 5.41) is 0.101. The molecule has 0 aliphatic rings. The number of carbonyl (C=O) groups is 1. The van der Waals surface area contributed by atoms with Gasteiger partial charge in [0.25, 0.3) is 0 Å². The lowest BCUT2D eigenvalue weighted by molar-refractivity contribution is -0.237. The van der Waals surface area contributed by atoms with E-state index in [9.17, 15) is 26.7 Å². The third kappa shape index (κ3) is 2.91. The standard InChI is InChI=1S/C3HF5O2S/c4-2(5,6)3(7,8)11-1(9)10/h(H,9,10). The molecule has 1 N–H and O–H groups in total. The SMILES string of the molecule is O=C(O)SC(F)(F)C(F)(F)F. The molecule has 0 fully saturated rings. The highest BCUT2D eigenvalue weighted by Crippen LogP contribution is 2.44. The van der Waals surface area contributed by atoms with Gasteiger partial charge < -0.3 is 5.11 Å². The molecule has 2 nitrogen and oxygen atoms in total. The lowest BCUT2D eigenvalue weighted by Crippen LogP contribution is -2.33. The van der Waals surface area contributed by atoms with Gasteiger partial charge in [0, 0.05) is 11.8 Å². The lowest BCUT2D eigenvalue weighted by atomic mass is 10.7. The second-order valence-corrected chi connectivity index (χ2v) is 2.45. The van der Waals surface area contributed by atoms with Crippen LogP contribution < -0.4 is 0 Å². The summed E-state index contributed by atoms with van der Waals surface area (Å²) in [5.41, 5.74) is 0. The average molecular weight is 196 g/mol. The van der Waals surface area contributed by atoms with Crippen molar-refractivity contribution in [2.24, 2.45) is 0 Å². The molecule has 66 valence electrons. The van der Waals surface area contributed by atoms with E-state index in [1.807, 2.05) is 0 Å². The molecule has 0 aliphatic heterocycles. The maximum Gasteiger partial charge on any atom is 0.464 e. The summed E-state index contributed by atoms with van der Waals surface area (Å²) in [6.45, 7) is 0. The molecular weight excluding hydrogens is 195 g/mol. The molecule has 0 heterocycles. The summed E-state index contributed by atoms with van der Waals surface area (Å²) in [6.07, 6.45) is -5.82. The Bertz CT molecular complexity index is 164. The smallest absolute Gasteiger partial charge is 0.464 e. The molecule has 8 heteroatoms. The van der Waals surface area contributed by atoms with Gasteiger partial charge in [-0.1, -0.05) is 0 Å². The van der Waals surface area contributed by atoms with Crippen LogP contribution in [0.2, 0.25) is 0 Å². The number of halogens is 5. The van der Waals surface area contributed by atoms with Gasteiger partial charge in [-0.25, -0.2) is 4.79 Å². The van der Waals surface area contributed by atoms with E-state index in [4.69, 9.17) is 5.11 Å². The van der Waals surface area contributed by atoms with Crippen LogP contribution in [0.15, 0.2) is 0 Å². The molecule has 0 aliphatic carbocycles. The molecule has 11 heavy (non-hydrogen) atoms. The maximum atomic E-state index is 11.6. The summed E-state index contributed by atoms with van der Waals surface area (Å²) in [6, 6.07) is 0. The van der Waals surface area contributed by atoms with Crippen molar-refractivity contribution in [3.8, 4) is 0 Å². The minimum Gasteiger partial charge on any atom is -0.473 e. The zero-order valence-corrected chi connectivity index (χ0v) is 5.47. The Kier molecular flexibility index (Phi) is 2.70. The summed E-state index contributed by atoms with van der Waals surface area (Å²) in [7, 11) is 0. The van der Waals surface area contributed by atoms with Crippen LogP contribution in [0.1, 0.15) is 0 Å². The lowest BCUT2D eigenvalue weighted by Gasteiger charge is -2.15. The molecule has 0 radical (unpaired) electrons. The molecule has 0 rings (SSSR count). The van der Waals surface area contributed by atoms with Crippen LogP contribution in [-0.4, -0.2) is 21.8 Å². The second kappa shape index (κ2) is 2.84. The minimum absolute atomic E-state index is 1.48. The van der Waals surface area contributed by atoms with Crippen molar-refractivity contribution < 1.29 is 31.9 Å². The van der Waals surface area contributed by atoms with Gasteiger partial charge in [0.05, 0.1) is 0 Å². The van der Waals surface area contributed by atoms with Crippen molar-refractivity contribution in [2.45, 2.75) is 11.4 Å². The largest absolute Gasteiger partial charge is 0.473 e. The summed E-state index contributed by atoms with van der Waals surface area (Å²) < 4.78 is 56.8. The summed E-state index contributed by atoms with van der Waals surface area (Å²) in [5.74, 6) is 0. The van der Waals surface area contributed by atoms with Crippen LogP contribution in [0.25, 0.3) is 0 Å². The average Bonchev–Trinajstić information content (AvgIpc) is 1.56. The van der Waals surface area contributed by atoms with Gasteiger partial charge in [-0.3, -0.25) is 0 Å². The highest BCUT2D eigenvalue weighted by molar-refractivity contribution is 8.14. The topological polar surface area (TPSA) is 37.3 Å². The minimum atomic E-state index is -5.82. The predicted octanol–water partition coefficient (Wildman–Crippen LogP) is 2.55. The third-order valence-corrected chi connectivity index (χ3v) is 1.21. The Morgan fingerprint density at radius 1 is 1.18 bits per heavy atom. The van der Waals surface area contributed by atoms with Crippen LogP contribution in [0.3, 0.4) is 0 Å². The zero-order chi connectivity index (χ0) is 9.28. The first-order valence-electron chi connectivity index (χ1n) is 2.03. The fourth-order valence-electron chi connectivity index (χ4n) is 0.168. The predicted molar refractivity (Wildman–Crippen MR) is 26.6 cm³/mol. The van der Waals surface area contributed by atoms with Crippen molar-refractivity contribution in [3.63, 3.8) is 0 Å². The molecule has 0 saturated heterocycles. The Labute approximate surface area is 61.4 Å². The first kappa shape index (κ1) is 10.5. The summed E-state index contributed by atoms with van der Waals surface area (Å²) in [4.78, 5) is 9.44. The van der Waals surface area contributed by atoms with Gasteiger partial charge in [0.2, 0.25) is 0 Å². The van der Waals surface area contributed by atoms with E-state index in [0.717, 1.165) is 0 Å². The van der Waals surface area contributed by atoms with Crippen LogP contribution in [0, 0.1) is 0 Å². The Hall–Kier alpha value is -0.530. The molecular formula is C3HF5O2S. The zero-order valence-electron chi connectivity index (χ0n) is 4.65. The number of rotatable bonds is 1. The Morgan fingerprint density at radius 3 is 1.64 bits per heavy atom. The van der Waals surface area contributed by atoms with E-state index in [2.05, 4.69) is 0 Å². The molecule has 0 unspecified atom stereocenters. The number of hydrogen-bond acceptors (Lipinski definition) is 2. The van der Waals surface area contributed by atoms with Gasteiger partial charge in [-0.05, 0) is 0 Å². The van der Waals surface area contributed by atoms with E-state index in [1.54, 1.807) is 0 Å². The van der Waals surface area contributed by atoms with E-state index in [1.165, 1.54) is 0 Å². The molecule has 0 bridgehead atoms. The van der Waals surface area contributed by atoms with Gasteiger partial charge >= 0.3 is 16.7 Å². The van der Waals surface area contributed by atoms with Crippen LogP contribution in [-0.2, 0) is 0 Å². The Morgan fingerprint density at radius 2 is 1.55 bits per heavy atom. The first-order chi connectivity index (χ1) is 4.67. The monoisotopic (exact) mass is 196 g/mol. The van der Waals surface area contributed by atoms with Crippen molar-refractivity contribution in [2.75, 3.05) is 0 Å². The molecule has 0 atom stereocenters.